The van der Waals surface area contributed by atoms with Crippen LogP contribution in [-0.4, -0.2) is 35.1 Å². The van der Waals surface area contributed by atoms with E-state index in [1.165, 1.54) is 0 Å². The summed E-state index contributed by atoms with van der Waals surface area (Å²) in [6.45, 7) is 3.61. The highest BCUT2D eigenvalue weighted by molar-refractivity contribution is 14.1. The molecule has 0 heterocycles. The van der Waals surface area contributed by atoms with E-state index in [0.29, 0.717) is 5.56 Å². The molecule has 0 atom stereocenters. The van der Waals surface area contributed by atoms with Crippen molar-refractivity contribution in [1.29, 1.82) is 0 Å². The summed E-state index contributed by atoms with van der Waals surface area (Å²) in [6.07, 6.45) is 0. The van der Waals surface area contributed by atoms with Crippen LogP contribution in [-0.2, 0) is 0 Å². The standard InChI is InChI=1S/C12H16INO2/c1-12(2,8-15)14(3)11(16)9-5-4-6-10(13)7-9/h4-7,15H,8H2,1-3H3. The Kier molecular flexibility index (Phi) is 4.32. The van der Waals surface area contributed by atoms with Gasteiger partial charge in [0.25, 0.3) is 5.91 Å². The van der Waals surface area contributed by atoms with Crippen molar-refractivity contribution in [3.63, 3.8) is 0 Å². The van der Waals surface area contributed by atoms with Crippen molar-refractivity contribution in [2.24, 2.45) is 0 Å². The quantitative estimate of drug-likeness (QED) is 0.861. The van der Waals surface area contributed by atoms with Gasteiger partial charge in [-0.25, -0.2) is 0 Å². The first kappa shape index (κ1) is 13.4. The number of hydrogen-bond donors (Lipinski definition) is 1. The summed E-state index contributed by atoms with van der Waals surface area (Å²) in [6, 6.07) is 7.42. The Balaban J connectivity index is 2.95. The number of aliphatic hydroxyl groups excluding tert-OH is 1. The Morgan fingerprint density at radius 3 is 2.62 bits per heavy atom. The van der Waals surface area contributed by atoms with Gasteiger partial charge in [0.05, 0.1) is 12.1 Å². The van der Waals surface area contributed by atoms with E-state index in [0.717, 1.165) is 3.57 Å². The van der Waals surface area contributed by atoms with Gasteiger partial charge in [-0.1, -0.05) is 6.07 Å². The fourth-order valence-corrected chi connectivity index (χ4v) is 1.74. The number of amides is 1. The lowest BCUT2D eigenvalue weighted by atomic mass is 10.0. The van der Waals surface area contributed by atoms with Crippen LogP contribution in [0.15, 0.2) is 24.3 Å². The van der Waals surface area contributed by atoms with E-state index < -0.39 is 5.54 Å². The number of halogens is 1. The number of carbonyl (C=O) groups is 1. The highest BCUT2D eigenvalue weighted by Gasteiger charge is 2.27. The second-order valence-electron chi connectivity index (χ2n) is 4.35. The molecule has 0 saturated heterocycles. The zero-order chi connectivity index (χ0) is 12.3. The molecule has 88 valence electrons. The van der Waals surface area contributed by atoms with E-state index in [4.69, 9.17) is 0 Å². The molecule has 0 fully saturated rings. The number of carbonyl (C=O) groups excluding carboxylic acids is 1. The summed E-state index contributed by atoms with van der Waals surface area (Å²) in [4.78, 5) is 13.7. The predicted octanol–water partition coefficient (Wildman–Crippen LogP) is 2.13. The third-order valence-corrected chi connectivity index (χ3v) is 3.34. The number of nitrogens with zero attached hydrogens (tertiary/aromatic N) is 1. The van der Waals surface area contributed by atoms with Gasteiger partial charge >= 0.3 is 0 Å². The molecule has 0 bridgehead atoms. The minimum atomic E-state index is -0.543. The molecule has 4 heteroatoms. The topological polar surface area (TPSA) is 40.5 Å². The van der Waals surface area contributed by atoms with Gasteiger partial charge in [-0.2, -0.15) is 0 Å². The average molecular weight is 333 g/mol. The molecule has 1 aromatic rings. The van der Waals surface area contributed by atoms with Crippen LogP contribution in [0, 0.1) is 3.57 Å². The SMILES string of the molecule is CN(C(=O)c1cccc(I)c1)C(C)(C)CO. The summed E-state index contributed by atoms with van der Waals surface area (Å²) in [7, 11) is 1.71. The molecule has 0 aromatic heterocycles. The van der Waals surface area contributed by atoms with Crippen molar-refractivity contribution >= 4 is 28.5 Å². The first-order valence-electron chi connectivity index (χ1n) is 5.03. The fourth-order valence-electron chi connectivity index (χ4n) is 1.20. The zero-order valence-electron chi connectivity index (χ0n) is 9.70. The number of likely N-dealkylation sites (N-methyl/N-ethyl adjacent to an activating group) is 1. The normalized spacial score (nSPS) is 11.3. The second-order valence-corrected chi connectivity index (χ2v) is 5.59. The van der Waals surface area contributed by atoms with E-state index in [1.807, 2.05) is 32.0 Å². The number of aliphatic hydroxyl groups is 1. The second kappa shape index (κ2) is 5.14. The maximum atomic E-state index is 12.1. The van der Waals surface area contributed by atoms with Crippen LogP contribution in [0.4, 0.5) is 0 Å². The van der Waals surface area contributed by atoms with Gasteiger partial charge in [0, 0.05) is 16.2 Å². The highest BCUT2D eigenvalue weighted by Crippen LogP contribution is 2.16. The van der Waals surface area contributed by atoms with Gasteiger partial charge in [0.15, 0.2) is 0 Å². The fraction of sp³-hybridized carbons (Fsp3) is 0.417. The lowest BCUT2D eigenvalue weighted by Gasteiger charge is -2.34. The first-order chi connectivity index (χ1) is 7.38. The average Bonchev–Trinajstić information content (AvgIpc) is 2.27. The zero-order valence-corrected chi connectivity index (χ0v) is 11.9. The van der Waals surface area contributed by atoms with Crippen LogP contribution in [0.3, 0.4) is 0 Å². The van der Waals surface area contributed by atoms with Gasteiger partial charge < -0.3 is 10.0 Å². The summed E-state index contributed by atoms with van der Waals surface area (Å²) < 4.78 is 1.03. The molecule has 0 aliphatic rings. The molecular weight excluding hydrogens is 317 g/mol. The van der Waals surface area contributed by atoms with E-state index in [2.05, 4.69) is 22.6 Å². The van der Waals surface area contributed by atoms with Crippen LogP contribution >= 0.6 is 22.6 Å². The molecule has 1 rings (SSSR count). The molecule has 0 aliphatic carbocycles. The van der Waals surface area contributed by atoms with Gasteiger partial charge in [0.1, 0.15) is 0 Å². The molecule has 3 nitrogen and oxygen atoms in total. The molecular formula is C12H16INO2. The molecule has 0 spiro atoms. The van der Waals surface area contributed by atoms with Gasteiger partial charge in [0.2, 0.25) is 0 Å². The van der Waals surface area contributed by atoms with Crippen molar-refractivity contribution in [2.75, 3.05) is 13.7 Å². The summed E-state index contributed by atoms with van der Waals surface area (Å²) in [5.74, 6) is -0.0717. The number of benzene rings is 1. The van der Waals surface area contributed by atoms with Crippen molar-refractivity contribution in [3.8, 4) is 0 Å². The maximum Gasteiger partial charge on any atom is 0.254 e. The molecule has 1 N–H and O–H groups in total. The lowest BCUT2D eigenvalue weighted by Crippen LogP contribution is -2.47. The van der Waals surface area contributed by atoms with Crippen LogP contribution in [0.5, 0.6) is 0 Å². The smallest absolute Gasteiger partial charge is 0.254 e. The Bertz CT molecular complexity index is 390. The molecule has 16 heavy (non-hydrogen) atoms. The van der Waals surface area contributed by atoms with Crippen LogP contribution in [0.25, 0.3) is 0 Å². The van der Waals surface area contributed by atoms with E-state index in [-0.39, 0.29) is 12.5 Å². The summed E-state index contributed by atoms with van der Waals surface area (Å²) in [5.41, 5.74) is 0.106. The predicted molar refractivity (Wildman–Crippen MR) is 72.4 cm³/mol. The number of hydrogen-bond acceptors (Lipinski definition) is 2. The van der Waals surface area contributed by atoms with Crippen LogP contribution in [0.1, 0.15) is 24.2 Å². The van der Waals surface area contributed by atoms with Crippen molar-refractivity contribution < 1.29 is 9.90 Å². The van der Waals surface area contributed by atoms with E-state index in [1.54, 1.807) is 18.0 Å². The molecule has 0 unspecified atom stereocenters. The Morgan fingerprint density at radius 1 is 1.50 bits per heavy atom. The molecule has 1 amide bonds. The largest absolute Gasteiger partial charge is 0.394 e. The van der Waals surface area contributed by atoms with Crippen molar-refractivity contribution in [1.82, 2.24) is 4.90 Å². The molecule has 1 aromatic carbocycles. The molecule has 0 aliphatic heterocycles. The third kappa shape index (κ3) is 2.95. The van der Waals surface area contributed by atoms with Gasteiger partial charge in [-0.3, -0.25) is 4.79 Å². The van der Waals surface area contributed by atoms with Crippen molar-refractivity contribution in [2.45, 2.75) is 19.4 Å². The molecule has 0 saturated carbocycles. The van der Waals surface area contributed by atoms with Crippen LogP contribution in [0.2, 0.25) is 0 Å². The first-order valence-corrected chi connectivity index (χ1v) is 6.11. The Hall–Kier alpha value is -0.620. The third-order valence-electron chi connectivity index (χ3n) is 2.67. The summed E-state index contributed by atoms with van der Waals surface area (Å²) >= 11 is 2.17. The number of rotatable bonds is 3. The maximum absolute atomic E-state index is 12.1. The minimum Gasteiger partial charge on any atom is -0.394 e. The minimum absolute atomic E-state index is 0.0564. The van der Waals surface area contributed by atoms with E-state index >= 15 is 0 Å². The molecule has 0 radical (unpaired) electrons. The Morgan fingerprint density at radius 2 is 2.12 bits per heavy atom. The monoisotopic (exact) mass is 333 g/mol. The summed E-state index contributed by atoms with van der Waals surface area (Å²) in [5, 5.41) is 9.22. The van der Waals surface area contributed by atoms with Gasteiger partial charge in [-0.15, -0.1) is 0 Å². The van der Waals surface area contributed by atoms with Gasteiger partial charge in [-0.05, 0) is 54.6 Å². The Labute approximate surface area is 110 Å². The lowest BCUT2D eigenvalue weighted by molar-refractivity contribution is 0.0473. The highest BCUT2D eigenvalue weighted by atomic mass is 127. The van der Waals surface area contributed by atoms with E-state index in [9.17, 15) is 9.90 Å². The van der Waals surface area contributed by atoms with Crippen LogP contribution < -0.4 is 0 Å². The van der Waals surface area contributed by atoms with Crippen molar-refractivity contribution in [3.05, 3.63) is 33.4 Å².